The van der Waals surface area contributed by atoms with Gasteiger partial charge in [0.1, 0.15) is 0 Å². The number of hydrogen-bond acceptors (Lipinski definition) is 1. The van der Waals surface area contributed by atoms with Gasteiger partial charge < -0.3 is 5.32 Å². The Bertz CT molecular complexity index is 491. The standard InChI is InChI=1S/C24H43N.CH3Cl/c1-6-17-8-10-21-20-9-7-18-15-19(25-16(2)3)11-13-24(18,5)22(20)12-14-23(17,21)4;1-2/h16-22,25H,6-15H2,1-5H3;1H3. The number of halogens is 1. The molecule has 0 spiro atoms. The van der Waals surface area contributed by atoms with Crippen molar-refractivity contribution in [1.29, 1.82) is 0 Å². The molecule has 4 saturated carbocycles. The summed E-state index contributed by atoms with van der Waals surface area (Å²) in [5, 5.41) is 3.86. The molecule has 4 rings (SSSR count). The van der Waals surface area contributed by atoms with Crippen molar-refractivity contribution in [2.45, 2.75) is 111 Å². The van der Waals surface area contributed by atoms with Crippen LogP contribution in [0.1, 0.15) is 98.8 Å². The summed E-state index contributed by atoms with van der Waals surface area (Å²) in [4.78, 5) is 0. The molecule has 0 bridgehead atoms. The van der Waals surface area contributed by atoms with Crippen molar-refractivity contribution in [2.75, 3.05) is 6.38 Å². The van der Waals surface area contributed by atoms with Gasteiger partial charge in [-0.05, 0) is 98.2 Å². The van der Waals surface area contributed by atoms with Crippen molar-refractivity contribution < 1.29 is 0 Å². The second-order valence-corrected chi connectivity index (χ2v) is 11.2. The molecule has 4 aliphatic rings. The molecule has 158 valence electrons. The largest absolute Gasteiger partial charge is 0.312 e. The van der Waals surface area contributed by atoms with Crippen LogP contribution in [0.5, 0.6) is 0 Å². The van der Waals surface area contributed by atoms with Crippen LogP contribution in [0.4, 0.5) is 0 Å². The van der Waals surface area contributed by atoms with E-state index in [0.29, 0.717) is 16.9 Å². The molecule has 8 atom stereocenters. The summed E-state index contributed by atoms with van der Waals surface area (Å²) in [5.74, 6) is 5.17. The molecule has 0 aromatic rings. The molecule has 1 nitrogen and oxygen atoms in total. The van der Waals surface area contributed by atoms with Crippen LogP contribution in [-0.2, 0) is 0 Å². The molecule has 0 aromatic heterocycles. The van der Waals surface area contributed by atoms with Crippen molar-refractivity contribution in [3.63, 3.8) is 0 Å². The quantitative estimate of drug-likeness (QED) is 0.495. The van der Waals surface area contributed by atoms with Gasteiger partial charge in [0, 0.05) is 18.5 Å². The monoisotopic (exact) mass is 395 g/mol. The molecular formula is C25H46ClN. The molecule has 2 heteroatoms. The summed E-state index contributed by atoms with van der Waals surface area (Å²) in [5.41, 5.74) is 1.35. The van der Waals surface area contributed by atoms with Gasteiger partial charge >= 0.3 is 0 Å². The molecule has 27 heavy (non-hydrogen) atoms. The molecular weight excluding hydrogens is 350 g/mol. The molecule has 8 unspecified atom stereocenters. The highest BCUT2D eigenvalue weighted by Gasteiger charge is 2.59. The van der Waals surface area contributed by atoms with Gasteiger partial charge in [0.15, 0.2) is 0 Å². The second kappa shape index (κ2) is 8.55. The van der Waals surface area contributed by atoms with E-state index in [2.05, 4.69) is 51.5 Å². The fraction of sp³-hybridized carbons (Fsp3) is 1.00. The van der Waals surface area contributed by atoms with E-state index in [0.717, 1.165) is 35.6 Å². The minimum atomic E-state index is 0.644. The third kappa shape index (κ3) is 3.74. The molecule has 4 fully saturated rings. The third-order valence-corrected chi connectivity index (χ3v) is 9.92. The maximum Gasteiger partial charge on any atom is 0.0108 e. The summed E-state index contributed by atoms with van der Waals surface area (Å²) < 4.78 is 0. The first-order valence-electron chi connectivity index (χ1n) is 12.0. The van der Waals surface area contributed by atoms with Gasteiger partial charge in [0.2, 0.25) is 0 Å². The Labute approximate surface area is 174 Å². The maximum atomic E-state index is 4.64. The van der Waals surface area contributed by atoms with Crippen LogP contribution < -0.4 is 5.32 Å². The van der Waals surface area contributed by atoms with E-state index >= 15 is 0 Å². The Hall–Kier alpha value is 0.250. The molecule has 0 radical (unpaired) electrons. The number of hydrogen-bond donors (Lipinski definition) is 1. The van der Waals surface area contributed by atoms with Gasteiger partial charge in [-0.2, -0.15) is 0 Å². The Kier molecular flexibility index (Phi) is 6.95. The van der Waals surface area contributed by atoms with Crippen molar-refractivity contribution in [1.82, 2.24) is 5.32 Å². The van der Waals surface area contributed by atoms with Crippen LogP contribution in [-0.4, -0.2) is 18.5 Å². The van der Waals surface area contributed by atoms with Crippen molar-refractivity contribution in [2.24, 2.45) is 40.4 Å². The lowest BCUT2D eigenvalue weighted by Crippen LogP contribution is -2.55. The van der Waals surface area contributed by atoms with Gasteiger partial charge in [-0.3, -0.25) is 0 Å². The third-order valence-electron chi connectivity index (χ3n) is 9.92. The Morgan fingerprint density at radius 2 is 1.56 bits per heavy atom. The highest BCUT2D eigenvalue weighted by Crippen LogP contribution is 2.67. The minimum Gasteiger partial charge on any atom is -0.312 e. The van der Waals surface area contributed by atoms with Crippen molar-refractivity contribution >= 4 is 11.6 Å². The first-order valence-corrected chi connectivity index (χ1v) is 12.8. The zero-order valence-corrected chi connectivity index (χ0v) is 19.7. The molecule has 4 aliphatic carbocycles. The fourth-order valence-corrected chi connectivity index (χ4v) is 8.66. The smallest absolute Gasteiger partial charge is 0.0108 e. The number of nitrogens with one attached hydrogen (secondary N) is 1. The molecule has 0 aliphatic heterocycles. The maximum absolute atomic E-state index is 4.64. The Balaban J connectivity index is 0.00000102. The van der Waals surface area contributed by atoms with Crippen molar-refractivity contribution in [3.8, 4) is 0 Å². The first kappa shape index (κ1) is 21.9. The normalized spacial score (nSPS) is 48.9. The van der Waals surface area contributed by atoms with Crippen LogP contribution in [0.3, 0.4) is 0 Å². The number of fused-ring (bicyclic) bond motifs is 5. The van der Waals surface area contributed by atoms with Gasteiger partial charge in [-0.25, -0.2) is 0 Å². The zero-order valence-electron chi connectivity index (χ0n) is 19.0. The van der Waals surface area contributed by atoms with Crippen LogP contribution in [0.2, 0.25) is 0 Å². The van der Waals surface area contributed by atoms with Crippen LogP contribution in [0.15, 0.2) is 0 Å². The van der Waals surface area contributed by atoms with Gasteiger partial charge in [-0.15, -0.1) is 11.6 Å². The van der Waals surface area contributed by atoms with E-state index in [1.807, 2.05) is 0 Å². The predicted molar refractivity (Wildman–Crippen MR) is 119 cm³/mol. The summed E-state index contributed by atoms with van der Waals surface area (Å²) in [6.07, 6.45) is 16.5. The van der Waals surface area contributed by atoms with E-state index in [9.17, 15) is 0 Å². The predicted octanol–water partition coefficient (Wildman–Crippen LogP) is 7.28. The lowest BCUT2D eigenvalue weighted by Gasteiger charge is -2.61. The molecule has 0 saturated heterocycles. The summed E-state index contributed by atoms with van der Waals surface area (Å²) in [7, 11) is 0. The van der Waals surface area contributed by atoms with Gasteiger partial charge in [0.25, 0.3) is 0 Å². The topological polar surface area (TPSA) is 12.0 Å². The van der Waals surface area contributed by atoms with Gasteiger partial charge in [-0.1, -0.05) is 41.0 Å². The zero-order chi connectivity index (χ0) is 19.8. The second-order valence-electron chi connectivity index (χ2n) is 11.2. The highest BCUT2D eigenvalue weighted by molar-refractivity contribution is 6.15. The minimum absolute atomic E-state index is 0.644. The lowest BCUT2D eigenvalue weighted by molar-refractivity contribution is -0.115. The van der Waals surface area contributed by atoms with E-state index in [1.165, 1.54) is 51.3 Å². The average Bonchev–Trinajstić information content (AvgIpc) is 2.99. The number of rotatable bonds is 3. The number of alkyl halides is 1. The van der Waals surface area contributed by atoms with E-state index < -0.39 is 0 Å². The Morgan fingerprint density at radius 1 is 0.889 bits per heavy atom. The molecule has 0 aromatic carbocycles. The van der Waals surface area contributed by atoms with Crippen LogP contribution >= 0.6 is 11.6 Å². The lowest BCUT2D eigenvalue weighted by atomic mass is 9.44. The molecule has 0 amide bonds. The van der Waals surface area contributed by atoms with Gasteiger partial charge in [0.05, 0.1) is 0 Å². The summed E-state index contributed by atoms with van der Waals surface area (Å²) in [6.45, 7) is 12.5. The van der Waals surface area contributed by atoms with E-state index in [4.69, 9.17) is 0 Å². The summed E-state index contributed by atoms with van der Waals surface area (Å²) >= 11 is 4.64. The molecule has 0 heterocycles. The van der Waals surface area contributed by atoms with Crippen LogP contribution in [0, 0.1) is 40.4 Å². The fourth-order valence-electron chi connectivity index (χ4n) is 8.66. The average molecular weight is 396 g/mol. The SMILES string of the molecule is CCC1CCC2C3CCC4CC(NC(C)C)CCC4(C)C3CCC12C.CCl. The summed E-state index contributed by atoms with van der Waals surface area (Å²) in [6, 6.07) is 1.44. The van der Waals surface area contributed by atoms with E-state index in [-0.39, 0.29) is 0 Å². The van der Waals surface area contributed by atoms with E-state index in [1.54, 1.807) is 19.3 Å². The molecule has 1 N–H and O–H groups in total. The highest BCUT2D eigenvalue weighted by atomic mass is 35.5. The van der Waals surface area contributed by atoms with Crippen molar-refractivity contribution in [3.05, 3.63) is 0 Å². The Morgan fingerprint density at radius 3 is 2.22 bits per heavy atom. The first-order chi connectivity index (χ1) is 12.9. The van der Waals surface area contributed by atoms with Crippen LogP contribution in [0.25, 0.3) is 0 Å².